The second-order valence-corrected chi connectivity index (χ2v) is 5.66. The second-order valence-electron chi connectivity index (χ2n) is 4.60. The number of rotatable bonds is 2. The Bertz CT molecular complexity index is 808. The van der Waals surface area contributed by atoms with Crippen LogP contribution in [0.4, 0.5) is 8.78 Å². The number of halogens is 4. The molecule has 0 bridgehead atoms. The molecule has 1 heterocycles. The summed E-state index contributed by atoms with van der Waals surface area (Å²) in [5.74, 6) is -0.675. The Morgan fingerprint density at radius 3 is 2.43 bits per heavy atom. The standard InChI is InChI=1S/C15H10Cl2F2N2/c1-8(16)15-20-13-10(18)5-3-7-12(13)21(15)14-9(17)4-2-6-11(14)19/h2-8H,1H3. The van der Waals surface area contributed by atoms with Crippen molar-refractivity contribution in [3.05, 3.63) is 58.9 Å². The number of imidazole rings is 1. The van der Waals surface area contributed by atoms with Crippen molar-refractivity contribution in [2.75, 3.05) is 0 Å². The van der Waals surface area contributed by atoms with Gasteiger partial charge in [0.1, 0.15) is 22.8 Å². The third kappa shape index (κ3) is 2.28. The lowest BCUT2D eigenvalue weighted by molar-refractivity contribution is 0.616. The van der Waals surface area contributed by atoms with E-state index in [0.717, 1.165) is 0 Å². The quantitative estimate of drug-likeness (QED) is 0.587. The van der Waals surface area contributed by atoms with Gasteiger partial charge in [-0.15, -0.1) is 11.6 Å². The van der Waals surface area contributed by atoms with E-state index < -0.39 is 17.0 Å². The van der Waals surface area contributed by atoms with Gasteiger partial charge in [0.2, 0.25) is 0 Å². The number of hydrogen-bond acceptors (Lipinski definition) is 1. The van der Waals surface area contributed by atoms with E-state index in [2.05, 4.69) is 4.98 Å². The maximum absolute atomic E-state index is 14.2. The van der Waals surface area contributed by atoms with Gasteiger partial charge in [-0.05, 0) is 31.2 Å². The summed E-state index contributed by atoms with van der Waals surface area (Å²) in [4.78, 5) is 4.20. The molecule has 0 amide bonds. The minimum absolute atomic E-state index is 0.120. The fourth-order valence-corrected chi connectivity index (χ4v) is 2.68. The number of para-hydroxylation sites is 2. The van der Waals surface area contributed by atoms with Crippen LogP contribution in [0, 0.1) is 11.6 Å². The second kappa shape index (κ2) is 5.28. The van der Waals surface area contributed by atoms with E-state index in [1.807, 2.05) is 0 Å². The number of benzene rings is 2. The van der Waals surface area contributed by atoms with Crippen LogP contribution < -0.4 is 0 Å². The minimum Gasteiger partial charge on any atom is -0.291 e. The normalized spacial score (nSPS) is 12.8. The van der Waals surface area contributed by atoms with Crippen molar-refractivity contribution >= 4 is 34.2 Å². The third-order valence-electron chi connectivity index (χ3n) is 3.18. The monoisotopic (exact) mass is 326 g/mol. The van der Waals surface area contributed by atoms with Gasteiger partial charge >= 0.3 is 0 Å². The molecule has 3 aromatic rings. The van der Waals surface area contributed by atoms with E-state index in [0.29, 0.717) is 11.3 Å². The molecule has 2 nitrogen and oxygen atoms in total. The van der Waals surface area contributed by atoms with Gasteiger partial charge < -0.3 is 0 Å². The van der Waals surface area contributed by atoms with Crippen LogP contribution in [-0.2, 0) is 0 Å². The summed E-state index contributed by atoms with van der Waals surface area (Å²) >= 11 is 12.2. The zero-order valence-corrected chi connectivity index (χ0v) is 12.5. The molecule has 0 radical (unpaired) electrons. The van der Waals surface area contributed by atoms with Crippen LogP contribution in [0.15, 0.2) is 36.4 Å². The van der Waals surface area contributed by atoms with E-state index in [1.54, 1.807) is 19.1 Å². The van der Waals surface area contributed by atoms with Gasteiger partial charge in [-0.1, -0.05) is 23.7 Å². The summed E-state index contributed by atoms with van der Waals surface area (Å²) in [6, 6.07) is 8.84. The van der Waals surface area contributed by atoms with E-state index in [9.17, 15) is 8.78 Å². The summed E-state index contributed by atoms with van der Waals surface area (Å²) in [5.41, 5.74) is 0.679. The first-order chi connectivity index (χ1) is 10.0. The molecule has 0 aliphatic carbocycles. The predicted molar refractivity (Wildman–Crippen MR) is 80.3 cm³/mol. The first-order valence-electron chi connectivity index (χ1n) is 6.26. The van der Waals surface area contributed by atoms with Crippen molar-refractivity contribution in [1.82, 2.24) is 9.55 Å². The van der Waals surface area contributed by atoms with E-state index in [1.165, 1.54) is 28.8 Å². The molecule has 3 rings (SSSR count). The van der Waals surface area contributed by atoms with Gasteiger partial charge in [0.05, 0.1) is 15.9 Å². The van der Waals surface area contributed by atoms with Crippen molar-refractivity contribution < 1.29 is 8.78 Å². The molecule has 21 heavy (non-hydrogen) atoms. The maximum atomic E-state index is 14.2. The average molecular weight is 327 g/mol. The summed E-state index contributed by atoms with van der Waals surface area (Å²) in [5, 5.41) is -0.329. The minimum atomic E-state index is -0.535. The maximum Gasteiger partial charge on any atom is 0.151 e. The van der Waals surface area contributed by atoms with Crippen LogP contribution in [0.5, 0.6) is 0 Å². The van der Waals surface area contributed by atoms with Crippen LogP contribution in [0.2, 0.25) is 5.02 Å². The Morgan fingerprint density at radius 2 is 1.76 bits per heavy atom. The lowest BCUT2D eigenvalue weighted by atomic mass is 10.2. The number of hydrogen-bond donors (Lipinski definition) is 0. The Balaban J connectivity index is 2.46. The molecule has 0 aliphatic heterocycles. The third-order valence-corrected chi connectivity index (χ3v) is 3.68. The van der Waals surface area contributed by atoms with Crippen molar-refractivity contribution in [2.45, 2.75) is 12.3 Å². The molecule has 108 valence electrons. The summed E-state index contributed by atoms with van der Waals surface area (Å²) in [6.45, 7) is 1.69. The van der Waals surface area contributed by atoms with Crippen LogP contribution in [-0.4, -0.2) is 9.55 Å². The van der Waals surface area contributed by atoms with E-state index in [-0.39, 0.29) is 16.2 Å². The molecule has 0 fully saturated rings. The molecule has 0 saturated carbocycles. The Kier molecular flexibility index (Phi) is 3.59. The topological polar surface area (TPSA) is 17.8 Å². The first-order valence-corrected chi connectivity index (χ1v) is 7.07. The molecule has 6 heteroatoms. The van der Waals surface area contributed by atoms with Gasteiger partial charge in [0, 0.05) is 0 Å². The van der Waals surface area contributed by atoms with Gasteiger partial charge in [-0.2, -0.15) is 0 Å². The van der Waals surface area contributed by atoms with Crippen molar-refractivity contribution in [3.63, 3.8) is 0 Å². The highest BCUT2D eigenvalue weighted by atomic mass is 35.5. The number of fused-ring (bicyclic) bond motifs is 1. The van der Waals surface area contributed by atoms with Crippen LogP contribution in [0.1, 0.15) is 18.1 Å². The van der Waals surface area contributed by atoms with Crippen LogP contribution in [0.3, 0.4) is 0 Å². The number of aromatic nitrogens is 2. The zero-order chi connectivity index (χ0) is 15.1. The van der Waals surface area contributed by atoms with Gasteiger partial charge in [-0.25, -0.2) is 13.8 Å². The molecule has 0 aliphatic rings. The Labute approximate surface area is 129 Å². The summed E-state index contributed by atoms with van der Waals surface area (Å²) in [7, 11) is 0. The molecule has 0 N–H and O–H groups in total. The summed E-state index contributed by atoms with van der Waals surface area (Å²) < 4.78 is 29.6. The number of alkyl halides is 1. The molecule has 0 spiro atoms. The summed E-state index contributed by atoms with van der Waals surface area (Å²) in [6.07, 6.45) is 0. The molecular weight excluding hydrogens is 317 g/mol. The van der Waals surface area contributed by atoms with Crippen LogP contribution in [0.25, 0.3) is 16.7 Å². The Hall–Kier alpha value is -1.65. The fourth-order valence-electron chi connectivity index (χ4n) is 2.29. The van der Waals surface area contributed by atoms with Gasteiger partial charge in [0.25, 0.3) is 0 Å². The lowest BCUT2D eigenvalue weighted by Gasteiger charge is -2.13. The Morgan fingerprint density at radius 1 is 1.10 bits per heavy atom. The predicted octanol–water partition coefficient (Wildman–Crippen LogP) is 5.26. The average Bonchev–Trinajstić information content (AvgIpc) is 2.80. The van der Waals surface area contributed by atoms with Gasteiger partial charge in [0.15, 0.2) is 5.82 Å². The largest absolute Gasteiger partial charge is 0.291 e. The lowest BCUT2D eigenvalue weighted by Crippen LogP contribution is -2.05. The molecular formula is C15H10Cl2F2N2. The van der Waals surface area contributed by atoms with Crippen molar-refractivity contribution in [2.24, 2.45) is 0 Å². The smallest absolute Gasteiger partial charge is 0.151 e. The van der Waals surface area contributed by atoms with Crippen molar-refractivity contribution in [3.8, 4) is 5.69 Å². The zero-order valence-electron chi connectivity index (χ0n) is 10.9. The molecule has 1 atom stereocenters. The SMILES string of the molecule is CC(Cl)c1nc2c(F)cccc2n1-c1c(F)cccc1Cl. The van der Waals surface area contributed by atoms with Crippen LogP contribution >= 0.6 is 23.2 Å². The number of nitrogens with zero attached hydrogens (tertiary/aromatic N) is 2. The highest BCUT2D eigenvalue weighted by molar-refractivity contribution is 6.32. The fraction of sp³-hybridized carbons (Fsp3) is 0.133. The molecule has 0 saturated heterocycles. The first kappa shape index (κ1) is 14.3. The molecule has 1 aromatic heterocycles. The highest BCUT2D eigenvalue weighted by Gasteiger charge is 2.21. The van der Waals surface area contributed by atoms with E-state index >= 15 is 0 Å². The highest BCUT2D eigenvalue weighted by Crippen LogP contribution is 2.33. The molecule has 2 aromatic carbocycles. The van der Waals surface area contributed by atoms with Crippen molar-refractivity contribution in [1.29, 1.82) is 0 Å². The van der Waals surface area contributed by atoms with Gasteiger partial charge in [-0.3, -0.25) is 4.57 Å². The van der Waals surface area contributed by atoms with E-state index in [4.69, 9.17) is 23.2 Å². The molecule has 1 unspecified atom stereocenters.